The fraction of sp³-hybridized carbons (Fsp3) is 0.250. The van der Waals surface area contributed by atoms with E-state index in [-0.39, 0.29) is 47.7 Å². The summed E-state index contributed by atoms with van der Waals surface area (Å²) in [6, 6.07) is 9.53. The van der Waals surface area contributed by atoms with Gasteiger partial charge in [0.2, 0.25) is 5.84 Å². The summed E-state index contributed by atoms with van der Waals surface area (Å²) in [5.74, 6) is -1.49. The van der Waals surface area contributed by atoms with Crippen LogP contribution in [-0.2, 0) is 14.9 Å². The summed E-state index contributed by atoms with van der Waals surface area (Å²) >= 11 is 0. The topological polar surface area (TPSA) is 154 Å². The molecule has 2 aliphatic rings. The van der Waals surface area contributed by atoms with Crippen LogP contribution >= 0.6 is 0 Å². The van der Waals surface area contributed by atoms with E-state index in [1.807, 2.05) is 0 Å². The molecule has 13 heteroatoms. The van der Waals surface area contributed by atoms with E-state index in [0.717, 1.165) is 0 Å². The third-order valence-electron chi connectivity index (χ3n) is 5.06. The van der Waals surface area contributed by atoms with Crippen LogP contribution in [0.3, 0.4) is 0 Å². The molecule has 2 N–H and O–H groups in total. The minimum Gasteiger partial charge on any atom is -0.505 e. The highest BCUT2D eigenvalue weighted by Crippen LogP contribution is 2.29. The smallest absolute Gasteiger partial charge is 0.368 e. The number of aromatic hydroxyl groups is 1. The van der Waals surface area contributed by atoms with E-state index in [0.29, 0.717) is 18.8 Å². The molecule has 0 aliphatic carbocycles. The van der Waals surface area contributed by atoms with Crippen LogP contribution in [-0.4, -0.2) is 85.1 Å². The fourth-order valence-corrected chi connectivity index (χ4v) is 4.18. The average molecular weight is 472 g/mol. The standard InChI is InChI=1S/C20H20N6O6S/c1-32-18-17(23-33(30,31)24-18)22-14-7-4-5-13(16(14)27)19(28)25-9-11-26(12-10-25)20(29)15-6-2-3-8-21-15/h2-8,27H,9-12H2,1H3,(H,22,23). The second-order valence-corrected chi connectivity index (χ2v) is 8.38. The Kier molecular flexibility index (Phi) is 5.96. The highest BCUT2D eigenvalue weighted by atomic mass is 32.2. The molecule has 3 heterocycles. The van der Waals surface area contributed by atoms with Crippen LogP contribution in [0.25, 0.3) is 0 Å². The predicted molar refractivity (Wildman–Crippen MR) is 119 cm³/mol. The monoisotopic (exact) mass is 472 g/mol. The zero-order valence-corrected chi connectivity index (χ0v) is 18.3. The van der Waals surface area contributed by atoms with Gasteiger partial charge in [0.15, 0.2) is 5.75 Å². The van der Waals surface area contributed by atoms with Gasteiger partial charge in [-0.1, -0.05) is 12.1 Å². The van der Waals surface area contributed by atoms with Crippen LogP contribution in [0.2, 0.25) is 0 Å². The third kappa shape index (κ3) is 4.62. The number of benzene rings is 1. The van der Waals surface area contributed by atoms with Crippen molar-refractivity contribution in [3.05, 3.63) is 53.9 Å². The third-order valence-corrected chi connectivity index (χ3v) is 5.87. The maximum absolute atomic E-state index is 13.0. The van der Waals surface area contributed by atoms with Gasteiger partial charge in [0.05, 0.1) is 18.4 Å². The second kappa shape index (κ2) is 8.86. The number of rotatable bonds is 3. The highest BCUT2D eigenvalue weighted by molar-refractivity contribution is 7.89. The largest absolute Gasteiger partial charge is 0.505 e. The Bertz CT molecular complexity index is 1250. The molecular weight excluding hydrogens is 452 g/mol. The van der Waals surface area contributed by atoms with Crippen molar-refractivity contribution in [3.63, 3.8) is 0 Å². The Morgan fingerprint density at radius 2 is 1.70 bits per heavy atom. The molecule has 2 amide bonds. The zero-order valence-electron chi connectivity index (χ0n) is 17.5. The molecule has 1 aromatic heterocycles. The molecular formula is C20H20N6O6S. The van der Waals surface area contributed by atoms with E-state index in [1.54, 1.807) is 29.3 Å². The Morgan fingerprint density at radius 1 is 1.00 bits per heavy atom. The molecule has 0 radical (unpaired) electrons. The number of hydrogen-bond acceptors (Lipinski definition) is 8. The number of amides is 2. The van der Waals surface area contributed by atoms with Gasteiger partial charge in [-0.05, 0) is 24.3 Å². The van der Waals surface area contributed by atoms with Crippen LogP contribution in [0.5, 0.6) is 5.75 Å². The number of phenolic OH excluding ortho intramolecular Hbond substituents is 1. The number of nitrogens with one attached hydrogen (secondary N) is 1. The molecule has 0 unspecified atom stereocenters. The van der Waals surface area contributed by atoms with Crippen molar-refractivity contribution in [2.24, 2.45) is 8.80 Å². The summed E-state index contributed by atoms with van der Waals surface area (Å²) in [4.78, 5) is 32.8. The normalized spacial score (nSPS) is 17.2. The van der Waals surface area contributed by atoms with E-state index in [9.17, 15) is 23.1 Å². The van der Waals surface area contributed by atoms with Crippen molar-refractivity contribution >= 4 is 39.4 Å². The van der Waals surface area contributed by atoms with Crippen LogP contribution in [0.1, 0.15) is 20.8 Å². The number of nitrogens with zero attached hydrogens (tertiary/aromatic N) is 5. The summed E-state index contributed by atoms with van der Waals surface area (Å²) in [5, 5.41) is 13.3. The van der Waals surface area contributed by atoms with Crippen LogP contribution in [0.4, 0.5) is 5.69 Å². The van der Waals surface area contributed by atoms with Gasteiger partial charge in [0.25, 0.3) is 17.7 Å². The number of para-hydroxylation sites is 1. The minimum atomic E-state index is -4.07. The number of amidine groups is 1. The van der Waals surface area contributed by atoms with Crippen molar-refractivity contribution < 1.29 is 27.9 Å². The molecule has 172 valence electrons. The first-order valence-corrected chi connectivity index (χ1v) is 11.3. The predicted octanol–water partition coefficient (Wildman–Crippen LogP) is 0.499. The summed E-state index contributed by atoms with van der Waals surface area (Å²) < 4.78 is 34.8. The number of phenols is 1. The van der Waals surface area contributed by atoms with Gasteiger partial charge >= 0.3 is 10.2 Å². The van der Waals surface area contributed by atoms with Crippen molar-refractivity contribution in [1.29, 1.82) is 0 Å². The maximum Gasteiger partial charge on any atom is 0.368 e. The Hall–Kier alpha value is -4.00. The molecule has 0 spiro atoms. The molecule has 0 saturated carbocycles. The zero-order chi connectivity index (χ0) is 23.6. The molecule has 1 saturated heterocycles. The highest BCUT2D eigenvalue weighted by Gasteiger charge is 2.29. The van der Waals surface area contributed by atoms with Crippen molar-refractivity contribution in [3.8, 4) is 5.75 Å². The number of methoxy groups -OCH3 is 1. The van der Waals surface area contributed by atoms with Gasteiger partial charge in [0, 0.05) is 32.4 Å². The van der Waals surface area contributed by atoms with Crippen LogP contribution < -0.4 is 5.32 Å². The Balaban J connectivity index is 1.46. The molecule has 4 rings (SSSR count). The first-order valence-electron chi connectivity index (χ1n) is 9.87. The summed E-state index contributed by atoms with van der Waals surface area (Å²) in [6.45, 7) is 1.20. The van der Waals surface area contributed by atoms with E-state index in [4.69, 9.17) is 4.74 Å². The van der Waals surface area contributed by atoms with E-state index in [1.165, 1.54) is 30.2 Å². The molecule has 0 bridgehead atoms. The summed E-state index contributed by atoms with van der Waals surface area (Å²) in [7, 11) is -2.84. The number of aromatic nitrogens is 1. The fourth-order valence-electron chi connectivity index (χ4n) is 3.41. The summed E-state index contributed by atoms with van der Waals surface area (Å²) in [6.07, 6.45) is 1.55. The van der Waals surface area contributed by atoms with E-state index < -0.39 is 16.1 Å². The van der Waals surface area contributed by atoms with Gasteiger partial charge in [-0.2, -0.15) is 8.42 Å². The number of hydrogen-bond donors (Lipinski definition) is 2. The summed E-state index contributed by atoms with van der Waals surface area (Å²) in [5.41, 5.74) is 0.414. The quantitative estimate of drug-likeness (QED) is 0.612. The molecule has 2 aromatic rings. The Morgan fingerprint density at radius 3 is 2.33 bits per heavy atom. The lowest BCUT2D eigenvalue weighted by atomic mass is 10.1. The van der Waals surface area contributed by atoms with Crippen molar-refractivity contribution in [1.82, 2.24) is 14.8 Å². The minimum absolute atomic E-state index is 0.0156. The lowest BCUT2D eigenvalue weighted by Gasteiger charge is -2.34. The first kappa shape index (κ1) is 22.2. The van der Waals surface area contributed by atoms with Crippen molar-refractivity contribution in [2.45, 2.75) is 0 Å². The number of carbonyl (C=O) groups excluding carboxylic acids is 2. The maximum atomic E-state index is 13.0. The number of carbonyl (C=O) groups is 2. The van der Waals surface area contributed by atoms with Gasteiger partial charge < -0.3 is 25.0 Å². The number of piperazine rings is 1. The van der Waals surface area contributed by atoms with Crippen molar-refractivity contribution in [2.75, 3.05) is 38.6 Å². The molecule has 12 nitrogen and oxygen atoms in total. The first-order chi connectivity index (χ1) is 15.8. The van der Waals surface area contributed by atoms with E-state index in [2.05, 4.69) is 19.1 Å². The number of pyridine rings is 1. The molecule has 2 aliphatic heterocycles. The molecule has 33 heavy (non-hydrogen) atoms. The van der Waals surface area contributed by atoms with Gasteiger partial charge in [-0.25, -0.2) is 0 Å². The van der Waals surface area contributed by atoms with Gasteiger partial charge in [0.1, 0.15) is 5.69 Å². The van der Waals surface area contributed by atoms with Gasteiger partial charge in [-0.3, -0.25) is 14.6 Å². The lowest BCUT2D eigenvalue weighted by molar-refractivity contribution is 0.0530. The van der Waals surface area contributed by atoms with Gasteiger partial charge in [-0.15, -0.1) is 8.80 Å². The second-order valence-electron chi connectivity index (χ2n) is 7.11. The average Bonchev–Trinajstić information content (AvgIpc) is 3.13. The van der Waals surface area contributed by atoms with Crippen LogP contribution in [0, 0.1) is 0 Å². The Labute approximate surface area is 189 Å². The molecule has 1 aromatic carbocycles. The lowest BCUT2D eigenvalue weighted by Crippen LogP contribution is -2.50. The van der Waals surface area contributed by atoms with E-state index >= 15 is 0 Å². The molecule has 0 atom stereocenters. The molecule has 1 fully saturated rings. The number of anilines is 1. The SMILES string of the molecule is COC1=NS(=O)(=O)N=C1Nc1cccc(C(=O)N2CCN(C(=O)c3ccccn3)CC2)c1O. The number of ether oxygens (including phenoxy) is 1. The van der Waals surface area contributed by atoms with Crippen LogP contribution in [0.15, 0.2) is 51.4 Å².